The van der Waals surface area contributed by atoms with Crippen LogP contribution in [0.3, 0.4) is 0 Å². The lowest BCUT2D eigenvalue weighted by Crippen LogP contribution is -2.12. The van der Waals surface area contributed by atoms with Gasteiger partial charge in [0, 0.05) is 15.2 Å². The Morgan fingerprint density at radius 2 is 1.74 bits per heavy atom. The predicted molar refractivity (Wildman–Crippen MR) is 80.2 cm³/mol. The van der Waals surface area contributed by atoms with Gasteiger partial charge in [-0.1, -0.05) is 12.1 Å². The van der Waals surface area contributed by atoms with Crippen LogP contribution in [0.25, 0.3) is 0 Å². The Bertz CT molecular complexity index is 626. The van der Waals surface area contributed by atoms with E-state index in [1.807, 2.05) is 0 Å². The van der Waals surface area contributed by atoms with Gasteiger partial charge in [-0.2, -0.15) is 0 Å². The molecule has 2 rings (SSSR count). The SMILES string of the molecule is O=C(Nc1ccccc1[N+](=O)[O-])c1ccc(I)cc1. The Morgan fingerprint density at radius 1 is 1.11 bits per heavy atom. The topological polar surface area (TPSA) is 72.2 Å². The van der Waals surface area contributed by atoms with Gasteiger partial charge in [0.1, 0.15) is 5.69 Å². The standard InChI is InChI=1S/C13H9IN2O3/c14-10-7-5-9(6-8-10)13(17)15-11-3-1-2-4-12(11)16(18)19/h1-8H,(H,15,17). The van der Waals surface area contributed by atoms with Crippen LogP contribution in [0.5, 0.6) is 0 Å². The fraction of sp³-hybridized carbons (Fsp3) is 0. The number of benzene rings is 2. The number of rotatable bonds is 3. The lowest BCUT2D eigenvalue weighted by molar-refractivity contribution is -0.383. The lowest BCUT2D eigenvalue weighted by Gasteiger charge is -2.05. The second-order valence-electron chi connectivity index (χ2n) is 3.74. The molecule has 2 aromatic carbocycles. The quantitative estimate of drug-likeness (QED) is 0.513. The number of hydrogen-bond acceptors (Lipinski definition) is 3. The molecule has 0 aromatic heterocycles. The van der Waals surface area contributed by atoms with Gasteiger partial charge in [-0.3, -0.25) is 14.9 Å². The van der Waals surface area contributed by atoms with Crippen molar-refractivity contribution >= 4 is 39.9 Å². The van der Waals surface area contributed by atoms with Crippen LogP contribution in [0.15, 0.2) is 48.5 Å². The minimum absolute atomic E-state index is 0.124. The number of nitrogens with one attached hydrogen (secondary N) is 1. The van der Waals surface area contributed by atoms with Crippen LogP contribution in [0, 0.1) is 13.7 Å². The number of hydrogen-bond donors (Lipinski definition) is 1. The van der Waals surface area contributed by atoms with Crippen molar-refractivity contribution in [2.75, 3.05) is 5.32 Å². The molecule has 0 heterocycles. The van der Waals surface area contributed by atoms with Crippen LogP contribution >= 0.6 is 22.6 Å². The van der Waals surface area contributed by atoms with E-state index in [9.17, 15) is 14.9 Å². The van der Waals surface area contributed by atoms with Crippen LogP contribution in [0.1, 0.15) is 10.4 Å². The van der Waals surface area contributed by atoms with Gasteiger partial charge < -0.3 is 5.32 Å². The first kappa shape index (κ1) is 13.5. The summed E-state index contributed by atoms with van der Waals surface area (Å²) in [6, 6.07) is 13.0. The molecule has 5 nitrogen and oxygen atoms in total. The highest BCUT2D eigenvalue weighted by Gasteiger charge is 2.15. The Hall–Kier alpha value is -1.96. The average Bonchev–Trinajstić information content (AvgIpc) is 2.39. The molecule has 0 saturated heterocycles. The van der Waals surface area contributed by atoms with E-state index < -0.39 is 4.92 Å². The molecule has 1 N–H and O–H groups in total. The number of nitrogens with zero attached hydrogens (tertiary/aromatic N) is 1. The van der Waals surface area contributed by atoms with Crippen LogP contribution in [0.4, 0.5) is 11.4 Å². The van der Waals surface area contributed by atoms with Crippen molar-refractivity contribution in [3.8, 4) is 0 Å². The van der Waals surface area contributed by atoms with E-state index >= 15 is 0 Å². The molecule has 0 spiro atoms. The predicted octanol–water partition coefficient (Wildman–Crippen LogP) is 3.45. The van der Waals surface area contributed by atoms with Crippen molar-refractivity contribution in [3.63, 3.8) is 0 Å². The Labute approximate surface area is 122 Å². The maximum absolute atomic E-state index is 12.0. The molecular formula is C13H9IN2O3. The van der Waals surface area contributed by atoms with Gasteiger partial charge in [-0.15, -0.1) is 0 Å². The van der Waals surface area contributed by atoms with Crippen LogP contribution in [-0.2, 0) is 0 Å². The molecule has 1 amide bonds. The monoisotopic (exact) mass is 368 g/mol. The summed E-state index contributed by atoms with van der Waals surface area (Å²) in [4.78, 5) is 22.3. The molecule has 19 heavy (non-hydrogen) atoms. The molecule has 0 aliphatic carbocycles. The third-order valence-electron chi connectivity index (χ3n) is 2.46. The van der Waals surface area contributed by atoms with E-state index in [0.29, 0.717) is 5.56 Å². The highest BCUT2D eigenvalue weighted by Crippen LogP contribution is 2.23. The van der Waals surface area contributed by atoms with Gasteiger partial charge in [-0.25, -0.2) is 0 Å². The molecule has 0 radical (unpaired) electrons. The molecular weight excluding hydrogens is 359 g/mol. The Morgan fingerprint density at radius 3 is 2.37 bits per heavy atom. The lowest BCUT2D eigenvalue weighted by atomic mass is 10.2. The first-order valence-corrected chi connectivity index (χ1v) is 6.46. The molecule has 0 bridgehead atoms. The van der Waals surface area contributed by atoms with Crippen LogP contribution in [-0.4, -0.2) is 10.8 Å². The third kappa shape index (κ3) is 3.28. The highest BCUT2D eigenvalue weighted by molar-refractivity contribution is 14.1. The molecule has 0 saturated carbocycles. The molecule has 96 valence electrons. The molecule has 6 heteroatoms. The number of anilines is 1. The van der Waals surface area contributed by atoms with Gasteiger partial charge in [0.2, 0.25) is 0 Å². The average molecular weight is 368 g/mol. The fourth-order valence-corrected chi connectivity index (χ4v) is 1.89. The zero-order chi connectivity index (χ0) is 13.8. The van der Waals surface area contributed by atoms with E-state index in [2.05, 4.69) is 27.9 Å². The summed E-state index contributed by atoms with van der Waals surface area (Å²) in [6.07, 6.45) is 0. The van der Waals surface area contributed by atoms with E-state index in [0.717, 1.165) is 3.57 Å². The molecule has 0 aliphatic rings. The van der Waals surface area contributed by atoms with E-state index in [-0.39, 0.29) is 17.3 Å². The number of amides is 1. The zero-order valence-corrected chi connectivity index (χ0v) is 11.8. The zero-order valence-electron chi connectivity index (χ0n) is 9.67. The van der Waals surface area contributed by atoms with Crippen molar-refractivity contribution in [1.82, 2.24) is 0 Å². The molecule has 0 atom stereocenters. The summed E-state index contributed by atoms with van der Waals surface area (Å²) in [5.74, 6) is -0.370. The van der Waals surface area contributed by atoms with E-state index in [4.69, 9.17) is 0 Å². The molecule has 0 fully saturated rings. The summed E-state index contributed by atoms with van der Waals surface area (Å²) in [5.41, 5.74) is 0.524. The third-order valence-corrected chi connectivity index (χ3v) is 3.17. The summed E-state index contributed by atoms with van der Waals surface area (Å²) in [5, 5.41) is 13.4. The minimum atomic E-state index is -0.524. The van der Waals surface area contributed by atoms with Crippen LogP contribution in [0.2, 0.25) is 0 Å². The summed E-state index contributed by atoms with van der Waals surface area (Å²) in [6.45, 7) is 0. The van der Waals surface area contributed by atoms with Gasteiger partial charge >= 0.3 is 0 Å². The second kappa shape index (κ2) is 5.79. The maximum Gasteiger partial charge on any atom is 0.292 e. The van der Waals surface area contributed by atoms with Crippen molar-refractivity contribution < 1.29 is 9.72 Å². The van der Waals surface area contributed by atoms with Gasteiger partial charge in [0.25, 0.3) is 11.6 Å². The summed E-state index contributed by atoms with van der Waals surface area (Å²) in [7, 11) is 0. The maximum atomic E-state index is 12.0. The summed E-state index contributed by atoms with van der Waals surface area (Å²) < 4.78 is 1.01. The number of nitro groups is 1. The first-order chi connectivity index (χ1) is 9.08. The molecule has 0 unspecified atom stereocenters. The largest absolute Gasteiger partial charge is 0.316 e. The van der Waals surface area contributed by atoms with Crippen molar-refractivity contribution in [2.24, 2.45) is 0 Å². The smallest absolute Gasteiger partial charge is 0.292 e. The Kier molecular flexibility index (Phi) is 4.10. The second-order valence-corrected chi connectivity index (χ2v) is 4.98. The van der Waals surface area contributed by atoms with Crippen molar-refractivity contribution in [1.29, 1.82) is 0 Å². The van der Waals surface area contributed by atoms with Crippen molar-refractivity contribution in [2.45, 2.75) is 0 Å². The normalized spacial score (nSPS) is 9.95. The van der Waals surface area contributed by atoms with Gasteiger partial charge in [-0.05, 0) is 52.9 Å². The van der Waals surface area contributed by atoms with Crippen molar-refractivity contribution in [3.05, 3.63) is 67.8 Å². The number of halogens is 1. The minimum Gasteiger partial charge on any atom is -0.316 e. The van der Waals surface area contributed by atoms with Gasteiger partial charge in [0.15, 0.2) is 0 Å². The van der Waals surface area contributed by atoms with E-state index in [1.165, 1.54) is 12.1 Å². The molecule has 2 aromatic rings. The number of para-hydroxylation sites is 2. The Balaban J connectivity index is 2.24. The first-order valence-electron chi connectivity index (χ1n) is 5.38. The van der Waals surface area contributed by atoms with Gasteiger partial charge in [0.05, 0.1) is 4.92 Å². The van der Waals surface area contributed by atoms with Crippen LogP contribution < -0.4 is 5.32 Å². The van der Waals surface area contributed by atoms with E-state index in [1.54, 1.807) is 36.4 Å². The molecule has 0 aliphatic heterocycles. The number of nitro benzene ring substituents is 1. The number of carbonyl (C=O) groups excluding carboxylic acids is 1. The summed E-state index contributed by atoms with van der Waals surface area (Å²) >= 11 is 2.14. The fourth-order valence-electron chi connectivity index (χ4n) is 1.53. The highest BCUT2D eigenvalue weighted by atomic mass is 127. The number of carbonyl (C=O) groups is 1.